The van der Waals surface area contributed by atoms with E-state index < -0.39 is 0 Å². The fourth-order valence-corrected chi connectivity index (χ4v) is 4.73. The van der Waals surface area contributed by atoms with Crippen molar-refractivity contribution < 1.29 is 0 Å². The number of nitrogens with zero attached hydrogens (tertiary/aromatic N) is 6. The highest BCUT2D eigenvalue weighted by atomic mass is 15.4. The number of anilines is 1. The Morgan fingerprint density at radius 3 is 2.59 bits per heavy atom. The predicted octanol–water partition coefficient (Wildman–Crippen LogP) is 3.49. The van der Waals surface area contributed by atoms with Crippen LogP contribution in [-0.2, 0) is 6.54 Å². The van der Waals surface area contributed by atoms with Crippen LogP contribution in [0.25, 0.3) is 5.70 Å². The minimum atomic E-state index is 0.527. The molecule has 2 aliphatic heterocycles. The first-order chi connectivity index (χ1) is 14.1. The monoisotopic (exact) mass is 390 g/mol. The van der Waals surface area contributed by atoms with Gasteiger partial charge >= 0.3 is 0 Å². The van der Waals surface area contributed by atoms with Crippen LogP contribution in [-0.4, -0.2) is 59.5 Å². The number of allylic oxidation sites excluding steroid dienone is 1. The van der Waals surface area contributed by atoms with Gasteiger partial charge in [0.05, 0.1) is 5.70 Å². The maximum absolute atomic E-state index is 4.58. The van der Waals surface area contributed by atoms with Gasteiger partial charge in [-0.2, -0.15) is 5.10 Å². The largest absolute Gasteiger partial charge is 0.351 e. The minimum Gasteiger partial charge on any atom is -0.351 e. The molecule has 0 bridgehead atoms. The summed E-state index contributed by atoms with van der Waals surface area (Å²) in [4.78, 5) is 5.02. The number of fused-ring (bicyclic) bond motifs is 1. The lowest BCUT2D eigenvalue weighted by molar-refractivity contribution is 0.309. The van der Waals surface area contributed by atoms with Crippen molar-refractivity contribution in [2.45, 2.75) is 32.9 Å². The van der Waals surface area contributed by atoms with Crippen LogP contribution < -0.4 is 4.90 Å². The number of aromatic nitrogens is 2. The van der Waals surface area contributed by atoms with E-state index >= 15 is 0 Å². The van der Waals surface area contributed by atoms with Gasteiger partial charge in [0.25, 0.3) is 0 Å². The molecule has 3 heterocycles. The van der Waals surface area contributed by atoms with E-state index in [2.05, 4.69) is 88.1 Å². The fourth-order valence-electron chi connectivity index (χ4n) is 4.73. The second-order valence-corrected chi connectivity index (χ2v) is 8.28. The Hall–Kier alpha value is -2.73. The molecule has 0 aliphatic carbocycles. The van der Waals surface area contributed by atoms with Crippen LogP contribution in [0, 0.1) is 5.92 Å². The summed E-state index contributed by atoms with van der Waals surface area (Å²) in [6.45, 7) is 12.1. The second-order valence-electron chi connectivity index (χ2n) is 8.28. The summed E-state index contributed by atoms with van der Waals surface area (Å²) >= 11 is 0. The highest BCUT2D eigenvalue weighted by molar-refractivity contribution is 5.64. The number of likely N-dealkylation sites (tertiary alicyclic amines) is 1. The van der Waals surface area contributed by atoms with E-state index in [0.717, 1.165) is 42.4 Å². The van der Waals surface area contributed by atoms with E-state index in [4.69, 9.17) is 0 Å². The molecule has 6 nitrogen and oxygen atoms in total. The molecule has 6 heteroatoms. The Morgan fingerprint density at radius 1 is 1.14 bits per heavy atom. The van der Waals surface area contributed by atoms with Crippen LogP contribution in [0.2, 0.25) is 0 Å². The summed E-state index contributed by atoms with van der Waals surface area (Å²) in [6.07, 6.45) is 1.22. The molecular formula is C23H30N6. The number of hydrogen-bond acceptors (Lipinski definition) is 6. The summed E-state index contributed by atoms with van der Waals surface area (Å²) in [5.41, 5.74) is 4.30. The van der Waals surface area contributed by atoms with Crippen LogP contribution >= 0.6 is 0 Å². The van der Waals surface area contributed by atoms with E-state index in [9.17, 15) is 0 Å². The molecule has 0 spiro atoms. The SMILES string of the molecule is C=NN(C)C(=C(C)C)c1ccc(N2CCC3CN(Cc4ccccc4)CC32)nn1. The van der Waals surface area contributed by atoms with Gasteiger partial charge in [0, 0.05) is 46.0 Å². The Balaban J connectivity index is 1.47. The van der Waals surface area contributed by atoms with Crippen molar-refractivity contribution in [3.63, 3.8) is 0 Å². The molecule has 0 radical (unpaired) electrons. The Labute approximate surface area is 173 Å². The van der Waals surface area contributed by atoms with Gasteiger partial charge < -0.3 is 4.90 Å². The third-order valence-electron chi connectivity index (χ3n) is 6.07. The van der Waals surface area contributed by atoms with Gasteiger partial charge in [0.15, 0.2) is 5.82 Å². The third kappa shape index (κ3) is 4.03. The summed E-state index contributed by atoms with van der Waals surface area (Å²) in [6, 6.07) is 15.4. The highest BCUT2D eigenvalue weighted by Gasteiger charge is 2.41. The van der Waals surface area contributed by atoms with Crippen molar-refractivity contribution in [2.24, 2.45) is 11.0 Å². The zero-order valence-corrected chi connectivity index (χ0v) is 17.6. The van der Waals surface area contributed by atoms with E-state index in [1.165, 1.54) is 18.5 Å². The van der Waals surface area contributed by atoms with Gasteiger partial charge in [-0.05, 0) is 49.5 Å². The average Bonchev–Trinajstić information content (AvgIpc) is 3.29. The molecule has 2 atom stereocenters. The van der Waals surface area contributed by atoms with E-state index in [0.29, 0.717) is 12.0 Å². The lowest BCUT2D eigenvalue weighted by atomic mass is 10.1. The molecule has 2 aromatic rings. The molecule has 29 heavy (non-hydrogen) atoms. The number of hydrogen-bond donors (Lipinski definition) is 0. The van der Waals surface area contributed by atoms with Crippen molar-refractivity contribution in [3.05, 3.63) is 59.3 Å². The van der Waals surface area contributed by atoms with Gasteiger partial charge in [-0.25, -0.2) is 0 Å². The van der Waals surface area contributed by atoms with Crippen molar-refractivity contribution in [2.75, 3.05) is 31.6 Å². The van der Waals surface area contributed by atoms with Crippen LogP contribution in [0.15, 0.2) is 53.1 Å². The quantitative estimate of drug-likeness (QED) is 0.558. The lowest BCUT2D eigenvalue weighted by Crippen LogP contribution is -2.35. The number of benzene rings is 1. The first-order valence-electron chi connectivity index (χ1n) is 10.3. The average molecular weight is 391 g/mol. The summed E-state index contributed by atoms with van der Waals surface area (Å²) < 4.78 is 0. The second kappa shape index (κ2) is 8.33. The van der Waals surface area contributed by atoms with Gasteiger partial charge in [0.2, 0.25) is 0 Å². The Morgan fingerprint density at radius 2 is 1.93 bits per heavy atom. The molecule has 4 rings (SSSR count). The van der Waals surface area contributed by atoms with Crippen LogP contribution in [0.5, 0.6) is 0 Å². The summed E-state index contributed by atoms with van der Waals surface area (Å²) in [5.74, 6) is 1.69. The standard InChI is InChI=1S/C23H30N6/c1-17(2)23(27(4)24-3)20-10-11-22(26-25-20)29-13-12-19-15-28(16-21(19)29)14-18-8-6-5-7-9-18/h5-11,19,21H,3,12-16H2,1-2,4H3. The van der Waals surface area contributed by atoms with Gasteiger partial charge in [0.1, 0.15) is 5.69 Å². The summed E-state index contributed by atoms with van der Waals surface area (Å²) in [7, 11) is 1.88. The molecule has 0 saturated carbocycles. The van der Waals surface area contributed by atoms with Crippen molar-refractivity contribution in [3.8, 4) is 0 Å². The molecule has 152 valence electrons. The Kier molecular flexibility index (Phi) is 5.62. The third-order valence-corrected chi connectivity index (χ3v) is 6.07. The van der Waals surface area contributed by atoms with Gasteiger partial charge in [-0.3, -0.25) is 9.91 Å². The molecule has 1 aromatic carbocycles. The van der Waals surface area contributed by atoms with Gasteiger partial charge in [-0.1, -0.05) is 30.3 Å². The molecule has 0 amide bonds. The van der Waals surface area contributed by atoms with Crippen molar-refractivity contribution in [1.82, 2.24) is 20.1 Å². The first-order valence-corrected chi connectivity index (χ1v) is 10.3. The van der Waals surface area contributed by atoms with Crippen molar-refractivity contribution in [1.29, 1.82) is 0 Å². The van der Waals surface area contributed by atoms with Crippen molar-refractivity contribution >= 4 is 18.2 Å². The van der Waals surface area contributed by atoms with Crippen LogP contribution in [0.3, 0.4) is 0 Å². The maximum Gasteiger partial charge on any atom is 0.151 e. The Bertz CT molecular complexity index is 872. The fraction of sp³-hybridized carbons (Fsp3) is 0.435. The zero-order valence-electron chi connectivity index (χ0n) is 17.6. The first kappa shape index (κ1) is 19.6. The topological polar surface area (TPSA) is 47.9 Å². The van der Waals surface area contributed by atoms with E-state index in [-0.39, 0.29) is 0 Å². The molecule has 2 saturated heterocycles. The summed E-state index contributed by atoms with van der Waals surface area (Å²) in [5, 5.41) is 14.9. The minimum absolute atomic E-state index is 0.527. The molecule has 2 unspecified atom stereocenters. The normalized spacial score (nSPS) is 21.1. The molecule has 2 aliphatic rings. The predicted molar refractivity (Wildman–Crippen MR) is 119 cm³/mol. The van der Waals surface area contributed by atoms with Crippen LogP contribution in [0.1, 0.15) is 31.5 Å². The number of hydrazone groups is 1. The molecular weight excluding hydrogens is 360 g/mol. The highest BCUT2D eigenvalue weighted by Crippen LogP contribution is 2.35. The molecule has 0 N–H and O–H groups in total. The van der Waals surface area contributed by atoms with E-state index in [1.54, 1.807) is 5.01 Å². The molecule has 2 fully saturated rings. The van der Waals surface area contributed by atoms with Gasteiger partial charge in [-0.15, -0.1) is 10.2 Å². The zero-order chi connectivity index (χ0) is 20.4. The molecule has 1 aromatic heterocycles. The van der Waals surface area contributed by atoms with Crippen LogP contribution in [0.4, 0.5) is 5.82 Å². The maximum atomic E-state index is 4.58. The lowest BCUT2D eigenvalue weighted by Gasteiger charge is -2.26. The number of rotatable bonds is 6. The van der Waals surface area contributed by atoms with E-state index in [1.807, 2.05) is 7.05 Å². The smallest absolute Gasteiger partial charge is 0.151 e.